The van der Waals surface area contributed by atoms with E-state index in [1.165, 1.54) is 4.90 Å². The monoisotopic (exact) mass is 174 g/mol. The normalized spacial score (nSPS) is 30.3. The van der Waals surface area contributed by atoms with Crippen LogP contribution in [-0.2, 0) is 0 Å². The predicted molar refractivity (Wildman–Crippen MR) is 43.1 cm³/mol. The summed E-state index contributed by atoms with van der Waals surface area (Å²) < 4.78 is 0. The van der Waals surface area contributed by atoms with Crippen LogP contribution in [0.15, 0.2) is 0 Å². The number of amides is 1. The lowest BCUT2D eigenvalue weighted by Gasteiger charge is -2.36. The number of aliphatic hydroxyl groups is 1. The van der Waals surface area contributed by atoms with Crippen molar-refractivity contribution in [3.05, 3.63) is 0 Å². The number of piperazine rings is 1. The molecule has 1 rings (SSSR count). The van der Waals surface area contributed by atoms with Gasteiger partial charge in [-0.05, 0) is 6.92 Å². The van der Waals surface area contributed by atoms with Crippen LogP contribution in [0.3, 0.4) is 0 Å². The maximum atomic E-state index is 10.6. The molecule has 12 heavy (non-hydrogen) atoms. The van der Waals surface area contributed by atoms with E-state index in [2.05, 4.69) is 5.32 Å². The molecule has 0 aromatic carbocycles. The molecule has 3 N–H and O–H groups in total. The van der Waals surface area contributed by atoms with Gasteiger partial charge in [0, 0.05) is 25.2 Å². The molecule has 2 atom stereocenters. The first-order chi connectivity index (χ1) is 5.65. The average Bonchev–Trinajstić information content (AvgIpc) is 2.05. The number of carboxylic acid groups (broad SMARTS) is 1. The average molecular weight is 174 g/mol. The van der Waals surface area contributed by atoms with Gasteiger partial charge in [-0.1, -0.05) is 0 Å². The fraction of sp³-hybridized carbons (Fsp3) is 0.857. The second-order valence-electron chi connectivity index (χ2n) is 3.07. The largest absolute Gasteiger partial charge is 0.465 e. The molecule has 1 unspecified atom stereocenters. The first kappa shape index (κ1) is 9.28. The van der Waals surface area contributed by atoms with Crippen LogP contribution in [0.25, 0.3) is 0 Å². The second-order valence-corrected chi connectivity index (χ2v) is 3.07. The van der Waals surface area contributed by atoms with E-state index in [-0.39, 0.29) is 18.7 Å². The number of rotatable bonds is 1. The van der Waals surface area contributed by atoms with Crippen molar-refractivity contribution in [1.82, 2.24) is 10.2 Å². The van der Waals surface area contributed by atoms with E-state index in [9.17, 15) is 4.79 Å². The lowest BCUT2D eigenvalue weighted by molar-refractivity contribution is 0.0904. The molecular weight excluding hydrogens is 160 g/mol. The van der Waals surface area contributed by atoms with Gasteiger partial charge in [0.1, 0.15) is 0 Å². The highest BCUT2D eigenvalue weighted by Gasteiger charge is 2.27. The van der Waals surface area contributed by atoms with Gasteiger partial charge in [-0.2, -0.15) is 0 Å². The predicted octanol–water partition coefficient (Wildman–Crippen LogP) is -0.681. The Morgan fingerprint density at radius 3 is 2.92 bits per heavy atom. The quantitative estimate of drug-likeness (QED) is 0.492. The van der Waals surface area contributed by atoms with Gasteiger partial charge < -0.3 is 20.4 Å². The summed E-state index contributed by atoms with van der Waals surface area (Å²) in [5.74, 6) is 0. The number of nitrogens with one attached hydrogen (secondary N) is 1. The van der Waals surface area contributed by atoms with Crippen molar-refractivity contribution in [2.45, 2.75) is 19.0 Å². The van der Waals surface area contributed by atoms with Crippen molar-refractivity contribution in [3.8, 4) is 0 Å². The van der Waals surface area contributed by atoms with Gasteiger partial charge in [0.25, 0.3) is 0 Å². The molecular formula is C7H14N2O3. The van der Waals surface area contributed by atoms with E-state index in [0.29, 0.717) is 13.1 Å². The molecule has 70 valence electrons. The Kier molecular flexibility index (Phi) is 2.88. The van der Waals surface area contributed by atoms with Gasteiger partial charge in [-0.25, -0.2) is 4.79 Å². The minimum absolute atomic E-state index is 0.00898. The smallest absolute Gasteiger partial charge is 0.407 e. The summed E-state index contributed by atoms with van der Waals surface area (Å²) in [6, 6.07) is -0.123. The fourth-order valence-corrected chi connectivity index (χ4v) is 1.32. The summed E-state index contributed by atoms with van der Waals surface area (Å²) in [5, 5.41) is 20.6. The molecule has 0 spiro atoms. The zero-order valence-electron chi connectivity index (χ0n) is 7.03. The summed E-state index contributed by atoms with van der Waals surface area (Å²) in [6.45, 7) is 2.80. The van der Waals surface area contributed by atoms with Gasteiger partial charge in [0.2, 0.25) is 0 Å². The van der Waals surface area contributed by atoms with E-state index >= 15 is 0 Å². The Labute approximate surface area is 71.0 Å². The fourth-order valence-electron chi connectivity index (χ4n) is 1.32. The van der Waals surface area contributed by atoms with Crippen molar-refractivity contribution in [1.29, 1.82) is 0 Å². The van der Waals surface area contributed by atoms with E-state index < -0.39 is 6.09 Å². The number of carbonyl (C=O) groups is 1. The lowest BCUT2D eigenvalue weighted by Crippen LogP contribution is -2.58. The van der Waals surface area contributed by atoms with Gasteiger partial charge in [-0.3, -0.25) is 0 Å². The highest BCUT2D eigenvalue weighted by Crippen LogP contribution is 2.06. The van der Waals surface area contributed by atoms with Crippen molar-refractivity contribution in [2.75, 3.05) is 19.7 Å². The van der Waals surface area contributed by atoms with E-state index in [1.54, 1.807) is 0 Å². The third-order valence-corrected chi connectivity index (χ3v) is 2.12. The standard InChI is InChI=1S/C7H14N2O3/c1-5-2-8-6(4-10)3-9(5)7(11)12/h5-6,8,10H,2-4H2,1H3,(H,11,12)/t5-,6?/m1/s1. The Morgan fingerprint density at radius 1 is 1.75 bits per heavy atom. The van der Waals surface area contributed by atoms with E-state index in [0.717, 1.165) is 0 Å². The molecule has 0 saturated carbocycles. The third-order valence-electron chi connectivity index (χ3n) is 2.12. The van der Waals surface area contributed by atoms with Crippen LogP contribution >= 0.6 is 0 Å². The first-order valence-corrected chi connectivity index (χ1v) is 3.99. The summed E-state index contributed by atoms with van der Waals surface area (Å²) in [5.41, 5.74) is 0. The van der Waals surface area contributed by atoms with Crippen LogP contribution in [0, 0.1) is 0 Å². The van der Waals surface area contributed by atoms with Gasteiger partial charge >= 0.3 is 6.09 Å². The zero-order chi connectivity index (χ0) is 9.14. The minimum Gasteiger partial charge on any atom is -0.465 e. The molecule has 0 aliphatic carbocycles. The molecule has 1 aliphatic heterocycles. The molecule has 1 fully saturated rings. The summed E-state index contributed by atoms with van der Waals surface area (Å²) >= 11 is 0. The molecule has 5 heteroatoms. The van der Waals surface area contributed by atoms with Crippen LogP contribution in [0.4, 0.5) is 4.79 Å². The Morgan fingerprint density at radius 2 is 2.42 bits per heavy atom. The van der Waals surface area contributed by atoms with Crippen molar-refractivity contribution < 1.29 is 15.0 Å². The Balaban J connectivity index is 2.53. The van der Waals surface area contributed by atoms with Crippen LogP contribution in [0.1, 0.15) is 6.92 Å². The molecule has 1 heterocycles. The van der Waals surface area contributed by atoms with E-state index in [4.69, 9.17) is 10.2 Å². The maximum absolute atomic E-state index is 10.6. The molecule has 0 aromatic rings. The molecule has 0 radical (unpaired) electrons. The molecule has 1 aliphatic rings. The Hall–Kier alpha value is -0.810. The maximum Gasteiger partial charge on any atom is 0.407 e. The molecule has 0 aromatic heterocycles. The summed E-state index contributed by atoms with van der Waals surface area (Å²) in [7, 11) is 0. The molecule has 1 amide bonds. The van der Waals surface area contributed by atoms with Crippen molar-refractivity contribution >= 4 is 6.09 Å². The number of aliphatic hydroxyl groups excluding tert-OH is 1. The topological polar surface area (TPSA) is 72.8 Å². The summed E-state index contributed by atoms with van der Waals surface area (Å²) in [4.78, 5) is 12.0. The molecule has 0 bridgehead atoms. The van der Waals surface area contributed by atoms with Crippen LogP contribution in [-0.4, -0.2) is 53.0 Å². The van der Waals surface area contributed by atoms with Gasteiger partial charge in [0.05, 0.1) is 6.61 Å². The highest BCUT2D eigenvalue weighted by molar-refractivity contribution is 5.65. The van der Waals surface area contributed by atoms with Gasteiger partial charge in [0.15, 0.2) is 0 Å². The van der Waals surface area contributed by atoms with Crippen molar-refractivity contribution in [2.24, 2.45) is 0 Å². The lowest BCUT2D eigenvalue weighted by atomic mass is 10.1. The SMILES string of the molecule is C[C@@H]1CNC(CO)CN1C(=O)O. The second kappa shape index (κ2) is 3.73. The number of hydrogen-bond donors (Lipinski definition) is 3. The Bertz CT molecular complexity index is 174. The summed E-state index contributed by atoms with van der Waals surface area (Å²) in [6.07, 6.45) is -0.914. The number of nitrogens with zero attached hydrogens (tertiary/aromatic N) is 1. The molecule has 1 saturated heterocycles. The van der Waals surface area contributed by atoms with Crippen LogP contribution in [0.5, 0.6) is 0 Å². The zero-order valence-corrected chi connectivity index (χ0v) is 7.03. The first-order valence-electron chi connectivity index (χ1n) is 3.99. The highest BCUT2D eigenvalue weighted by atomic mass is 16.4. The number of hydrogen-bond acceptors (Lipinski definition) is 3. The van der Waals surface area contributed by atoms with E-state index in [1.807, 2.05) is 6.92 Å². The molecule has 5 nitrogen and oxygen atoms in total. The van der Waals surface area contributed by atoms with Gasteiger partial charge in [-0.15, -0.1) is 0 Å². The van der Waals surface area contributed by atoms with Crippen molar-refractivity contribution in [3.63, 3.8) is 0 Å². The third kappa shape index (κ3) is 1.86. The van der Waals surface area contributed by atoms with Crippen LogP contribution < -0.4 is 5.32 Å². The van der Waals surface area contributed by atoms with Crippen LogP contribution in [0.2, 0.25) is 0 Å². The minimum atomic E-state index is -0.914.